The lowest BCUT2D eigenvalue weighted by atomic mass is 9.96. The SMILES string of the molecule is NC(=O)CCN(Cc1ccccc1)C(=O)CN1CCC(c2nnc3cnccn23)CC1. The van der Waals surface area contributed by atoms with Crippen LogP contribution in [0.15, 0.2) is 48.9 Å². The van der Waals surface area contributed by atoms with Gasteiger partial charge in [0.15, 0.2) is 5.65 Å². The highest BCUT2D eigenvalue weighted by atomic mass is 16.2. The average Bonchev–Trinajstić information content (AvgIpc) is 3.22. The molecule has 9 nitrogen and oxygen atoms in total. The normalized spacial score (nSPS) is 15.2. The molecule has 0 radical (unpaired) electrons. The molecule has 0 saturated carbocycles. The van der Waals surface area contributed by atoms with Crippen LogP contribution in [-0.4, -0.2) is 67.4 Å². The third-order valence-electron chi connectivity index (χ3n) is 5.75. The molecule has 3 heterocycles. The number of rotatable bonds is 8. The van der Waals surface area contributed by atoms with E-state index in [2.05, 4.69) is 20.1 Å². The van der Waals surface area contributed by atoms with Gasteiger partial charge in [-0.25, -0.2) is 0 Å². The van der Waals surface area contributed by atoms with Crippen molar-refractivity contribution in [2.24, 2.45) is 5.73 Å². The van der Waals surface area contributed by atoms with Crippen LogP contribution in [0.2, 0.25) is 0 Å². The maximum absolute atomic E-state index is 13.0. The van der Waals surface area contributed by atoms with E-state index in [1.165, 1.54) is 0 Å². The fraction of sp³-hybridized carbons (Fsp3) is 0.409. The van der Waals surface area contributed by atoms with Crippen LogP contribution >= 0.6 is 0 Å². The second-order valence-electron chi connectivity index (χ2n) is 7.93. The maximum atomic E-state index is 13.0. The lowest BCUT2D eigenvalue weighted by molar-refractivity contribution is -0.133. The minimum absolute atomic E-state index is 0.0163. The second-order valence-corrected chi connectivity index (χ2v) is 7.93. The summed E-state index contributed by atoms with van der Waals surface area (Å²) >= 11 is 0. The van der Waals surface area contributed by atoms with Crippen molar-refractivity contribution in [3.8, 4) is 0 Å². The van der Waals surface area contributed by atoms with Crippen LogP contribution < -0.4 is 5.73 Å². The number of hydrogen-bond donors (Lipinski definition) is 1. The van der Waals surface area contributed by atoms with Gasteiger partial charge >= 0.3 is 0 Å². The molecule has 1 aliphatic rings. The van der Waals surface area contributed by atoms with Gasteiger partial charge in [-0.3, -0.25) is 23.9 Å². The van der Waals surface area contributed by atoms with Crippen molar-refractivity contribution in [3.63, 3.8) is 0 Å². The quantitative estimate of drug-likeness (QED) is 0.585. The van der Waals surface area contributed by atoms with Gasteiger partial charge < -0.3 is 10.6 Å². The third-order valence-corrected chi connectivity index (χ3v) is 5.75. The highest BCUT2D eigenvalue weighted by molar-refractivity contribution is 5.79. The molecule has 0 unspecified atom stereocenters. The van der Waals surface area contributed by atoms with Crippen LogP contribution in [-0.2, 0) is 16.1 Å². The molecule has 4 rings (SSSR count). The smallest absolute Gasteiger partial charge is 0.237 e. The molecule has 0 atom stereocenters. The molecular weight excluding hydrogens is 394 g/mol. The predicted octanol–water partition coefficient (Wildman–Crippen LogP) is 1.21. The molecule has 2 amide bonds. The van der Waals surface area contributed by atoms with E-state index < -0.39 is 5.91 Å². The molecule has 0 spiro atoms. The largest absolute Gasteiger partial charge is 0.370 e. The number of amides is 2. The average molecular weight is 422 g/mol. The van der Waals surface area contributed by atoms with Gasteiger partial charge in [-0.1, -0.05) is 30.3 Å². The van der Waals surface area contributed by atoms with Gasteiger partial charge in [-0.05, 0) is 31.5 Å². The van der Waals surface area contributed by atoms with Crippen molar-refractivity contribution in [2.75, 3.05) is 26.2 Å². The summed E-state index contributed by atoms with van der Waals surface area (Å²) in [5, 5.41) is 8.55. The molecule has 1 aromatic carbocycles. The van der Waals surface area contributed by atoms with Gasteiger partial charge in [-0.2, -0.15) is 0 Å². The number of likely N-dealkylation sites (tertiary alicyclic amines) is 1. The van der Waals surface area contributed by atoms with Gasteiger partial charge in [0.2, 0.25) is 11.8 Å². The molecule has 9 heteroatoms. The lowest BCUT2D eigenvalue weighted by Crippen LogP contribution is -2.44. The summed E-state index contributed by atoms with van der Waals surface area (Å²) in [5.41, 5.74) is 7.10. The number of hydrogen-bond acceptors (Lipinski definition) is 6. The molecule has 3 aromatic rings. The van der Waals surface area contributed by atoms with E-state index in [0.717, 1.165) is 43.0 Å². The molecule has 162 valence electrons. The van der Waals surface area contributed by atoms with Crippen molar-refractivity contribution in [3.05, 3.63) is 60.3 Å². The fourth-order valence-electron chi connectivity index (χ4n) is 4.03. The first-order valence-electron chi connectivity index (χ1n) is 10.6. The van der Waals surface area contributed by atoms with Crippen molar-refractivity contribution >= 4 is 17.5 Å². The number of carbonyl (C=O) groups is 2. The van der Waals surface area contributed by atoms with Gasteiger partial charge in [0.05, 0.1) is 12.7 Å². The number of fused-ring (bicyclic) bond motifs is 1. The van der Waals surface area contributed by atoms with Crippen LogP contribution in [0.5, 0.6) is 0 Å². The molecular formula is C22H27N7O2. The minimum atomic E-state index is -0.401. The summed E-state index contributed by atoms with van der Waals surface area (Å²) in [6, 6.07) is 9.80. The Morgan fingerprint density at radius 3 is 2.65 bits per heavy atom. The van der Waals surface area contributed by atoms with E-state index in [4.69, 9.17) is 5.73 Å². The zero-order valence-corrected chi connectivity index (χ0v) is 17.4. The zero-order chi connectivity index (χ0) is 21.6. The highest BCUT2D eigenvalue weighted by Gasteiger charge is 2.26. The maximum Gasteiger partial charge on any atom is 0.237 e. The predicted molar refractivity (Wildman–Crippen MR) is 115 cm³/mol. The van der Waals surface area contributed by atoms with Crippen LogP contribution in [0.4, 0.5) is 0 Å². The van der Waals surface area contributed by atoms with Gasteiger partial charge in [-0.15, -0.1) is 10.2 Å². The first-order chi connectivity index (χ1) is 15.1. The lowest BCUT2D eigenvalue weighted by Gasteiger charge is -2.32. The number of aromatic nitrogens is 4. The molecule has 31 heavy (non-hydrogen) atoms. The van der Waals surface area contributed by atoms with E-state index in [1.807, 2.05) is 40.9 Å². The van der Waals surface area contributed by atoms with Crippen molar-refractivity contribution in [1.82, 2.24) is 29.4 Å². The van der Waals surface area contributed by atoms with Crippen LogP contribution in [0.25, 0.3) is 5.65 Å². The van der Waals surface area contributed by atoms with Gasteiger partial charge in [0, 0.05) is 37.8 Å². The number of primary amides is 1. The van der Waals surface area contributed by atoms with E-state index in [9.17, 15) is 9.59 Å². The topological polar surface area (TPSA) is 110 Å². The summed E-state index contributed by atoms with van der Waals surface area (Å²) in [7, 11) is 0. The van der Waals surface area contributed by atoms with E-state index in [0.29, 0.717) is 25.6 Å². The van der Waals surface area contributed by atoms with Crippen molar-refractivity contribution < 1.29 is 9.59 Å². The van der Waals surface area contributed by atoms with Crippen LogP contribution in [0.1, 0.15) is 36.6 Å². The third kappa shape index (κ3) is 5.24. The molecule has 0 aliphatic carbocycles. The first-order valence-corrected chi connectivity index (χ1v) is 10.6. The Bertz CT molecular complexity index is 1030. The monoisotopic (exact) mass is 421 g/mol. The molecule has 1 aliphatic heterocycles. The highest BCUT2D eigenvalue weighted by Crippen LogP contribution is 2.27. The molecule has 2 N–H and O–H groups in total. The Morgan fingerprint density at radius 1 is 1.13 bits per heavy atom. The number of piperidine rings is 1. The van der Waals surface area contributed by atoms with Crippen LogP contribution in [0, 0.1) is 0 Å². The molecule has 0 bridgehead atoms. The molecule has 1 fully saturated rings. The number of carbonyl (C=O) groups excluding carboxylic acids is 2. The second kappa shape index (κ2) is 9.65. The first kappa shape index (κ1) is 20.9. The Morgan fingerprint density at radius 2 is 1.90 bits per heavy atom. The van der Waals surface area contributed by atoms with E-state index in [1.54, 1.807) is 17.3 Å². The number of benzene rings is 1. The number of nitrogens with zero attached hydrogens (tertiary/aromatic N) is 6. The Balaban J connectivity index is 1.35. The number of nitrogens with two attached hydrogens (primary N) is 1. The van der Waals surface area contributed by atoms with Crippen molar-refractivity contribution in [1.29, 1.82) is 0 Å². The minimum Gasteiger partial charge on any atom is -0.370 e. The Labute approximate surface area is 180 Å². The van der Waals surface area contributed by atoms with Crippen LogP contribution in [0.3, 0.4) is 0 Å². The summed E-state index contributed by atoms with van der Waals surface area (Å²) in [6.45, 7) is 2.77. The Kier molecular flexibility index (Phi) is 6.51. The molecule has 1 saturated heterocycles. The summed E-state index contributed by atoms with van der Waals surface area (Å²) in [5.74, 6) is 0.875. The van der Waals surface area contributed by atoms with Crippen molar-refractivity contribution in [2.45, 2.75) is 31.7 Å². The van der Waals surface area contributed by atoms with Gasteiger partial charge in [0.25, 0.3) is 0 Å². The van der Waals surface area contributed by atoms with E-state index >= 15 is 0 Å². The standard InChI is InChI=1S/C22H27N7O2/c23-19(30)8-12-28(15-17-4-2-1-3-5-17)21(31)16-27-10-6-18(7-11-27)22-26-25-20-14-24-9-13-29(20)22/h1-5,9,13-14,18H,6-8,10-12,15-16H2,(H2,23,30). The fourth-order valence-corrected chi connectivity index (χ4v) is 4.03. The summed E-state index contributed by atoms with van der Waals surface area (Å²) in [6.07, 6.45) is 7.32. The Hall–Kier alpha value is -3.33. The summed E-state index contributed by atoms with van der Waals surface area (Å²) in [4.78, 5) is 32.3. The molecule has 2 aromatic heterocycles. The summed E-state index contributed by atoms with van der Waals surface area (Å²) < 4.78 is 1.99. The van der Waals surface area contributed by atoms with Gasteiger partial charge in [0.1, 0.15) is 5.82 Å². The van der Waals surface area contributed by atoms with E-state index in [-0.39, 0.29) is 12.3 Å². The zero-order valence-electron chi connectivity index (χ0n) is 17.4.